The van der Waals surface area contributed by atoms with Crippen molar-refractivity contribution in [3.8, 4) is 0 Å². The molecule has 0 atom stereocenters. The van der Waals surface area contributed by atoms with Gasteiger partial charge in [0.25, 0.3) is 0 Å². The van der Waals surface area contributed by atoms with Crippen molar-refractivity contribution in [2.24, 2.45) is 16.6 Å². The van der Waals surface area contributed by atoms with E-state index in [4.69, 9.17) is 15.9 Å². The fourth-order valence-electron chi connectivity index (χ4n) is 2.70. The van der Waals surface area contributed by atoms with Crippen molar-refractivity contribution in [2.45, 2.75) is 39.2 Å². The molecule has 1 aromatic heterocycles. The first kappa shape index (κ1) is 18.7. The highest BCUT2D eigenvalue weighted by atomic mass is 16.6. The number of rotatable bonds is 4. The van der Waals surface area contributed by atoms with E-state index in [0.29, 0.717) is 37.3 Å². The van der Waals surface area contributed by atoms with Crippen molar-refractivity contribution >= 4 is 24.1 Å². The van der Waals surface area contributed by atoms with Crippen LogP contribution in [0.1, 0.15) is 49.8 Å². The van der Waals surface area contributed by atoms with Gasteiger partial charge in [0.15, 0.2) is 5.78 Å². The monoisotopic (exact) mass is 347 g/mol. The lowest BCUT2D eigenvalue weighted by Gasteiger charge is -2.32. The second-order valence-electron chi connectivity index (χ2n) is 7.04. The summed E-state index contributed by atoms with van der Waals surface area (Å²) in [4.78, 5) is 32.9. The maximum Gasteiger partial charge on any atom is 0.410 e. The number of amidine groups is 1. The highest BCUT2D eigenvalue weighted by Gasteiger charge is 2.30. The number of likely N-dealkylation sites (tertiary alicyclic amines) is 1. The molecule has 0 unspecified atom stereocenters. The van der Waals surface area contributed by atoms with Gasteiger partial charge in [0.2, 0.25) is 0 Å². The number of ether oxygens (including phenoxy) is 1. The molecule has 0 spiro atoms. The molecule has 0 aliphatic carbocycles. The van der Waals surface area contributed by atoms with Crippen LogP contribution in [0.25, 0.3) is 0 Å². The lowest BCUT2D eigenvalue weighted by Crippen LogP contribution is -2.43. The summed E-state index contributed by atoms with van der Waals surface area (Å²) < 4.78 is 5.36. The molecule has 4 N–H and O–H groups in total. The number of Topliss-reactive ketones (excluding diaryl/α,β-unsaturated/α-hetero) is 1. The topological polar surface area (TPSA) is 125 Å². The Bertz CT molecular complexity index is 679. The Morgan fingerprint density at radius 1 is 1.32 bits per heavy atom. The molecule has 0 bridgehead atoms. The average molecular weight is 347 g/mol. The van der Waals surface area contributed by atoms with E-state index in [9.17, 15) is 9.59 Å². The smallest absolute Gasteiger partial charge is 0.410 e. The third-order valence-corrected chi connectivity index (χ3v) is 3.95. The highest BCUT2D eigenvalue weighted by Crippen LogP contribution is 2.23. The first-order chi connectivity index (χ1) is 11.7. The SMILES string of the molecule is CC(C)(C)OC(=O)N1CCC(C(=O)c2ccc(C(N)=NC=N)[nH]2)CC1. The van der Waals surface area contributed by atoms with Crippen molar-refractivity contribution < 1.29 is 14.3 Å². The molecule has 0 radical (unpaired) electrons. The molecule has 25 heavy (non-hydrogen) atoms. The van der Waals surface area contributed by atoms with Gasteiger partial charge in [-0.1, -0.05) is 0 Å². The van der Waals surface area contributed by atoms with Gasteiger partial charge in [-0.25, -0.2) is 9.79 Å². The van der Waals surface area contributed by atoms with E-state index in [1.807, 2.05) is 20.8 Å². The van der Waals surface area contributed by atoms with Gasteiger partial charge in [0.1, 0.15) is 17.8 Å². The van der Waals surface area contributed by atoms with E-state index >= 15 is 0 Å². The lowest BCUT2D eigenvalue weighted by atomic mass is 9.91. The lowest BCUT2D eigenvalue weighted by molar-refractivity contribution is 0.0182. The highest BCUT2D eigenvalue weighted by molar-refractivity contribution is 6.02. The van der Waals surface area contributed by atoms with Crippen molar-refractivity contribution in [1.29, 1.82) is 5.41 Å². The van der Waals surface area contributed by atoms with Crippen LogP contribution in [0.2, 0.25) is 0 Å². The van der Waals surface area contributed by atoms with Gasteiger partial charge >= 0.3 is 6.09 Å². The summed E-state index contributed by atoms with van der Waals surface area (Å²) in [6, 6.07) is 3.34. The molecular weight excluding hydrogens is 322 g/mol. The van der Waals surface area contributed by atoms with Gasteiger partial charge in [-0.15, -0.1) is 0 Å². The summed E-state index contributed by atoms with van der Waals surface area (Å²) in [5, 5.41) is 6.93. The summed E-state index contributed by atoms with van der Waals surface area (Å²) in [5.74, 6) is 0.0117. The number of amides is 1. The van der Waals surface area contributed by atoms with Crippen molar-refractivity contribution in [1.82, 2.24) is 9.88 Å². The molecule has 1 amide bonds. The number of aromatic nitrogens is 1. The number of aliphatic imine (C=N–C) groups is 1. The zero-order chi connectivity index (χ0) is 18.6. The van der Waals surface area contributed by atoms with Crippen molar-refractivity contribution in [3.63, 3.8) is 0 Å². The number of nitrogens with zero attached hydrogens (tertiary/aromatic N) is 2. The molecular formula is C17H25N5O3. The summed E-state index contributed by atoms with van der Waals surface area (Å²) >= 11 is 0. The third kappa shape index (κ3) is 4.91. The summed E-state index contributed by atoms with van der Waals surface area (Å²) in [6.45, 7) is 6.49. The number of hydrogen-bond donors (Lipinski definition) is 3. The van der Waals surface area contributed by atoms with Crippen LogP contribution in [-0.4, -0.2) is 52.6 Å². The van der Waals surface area contributed by atoms with Crippen LogP contribution >= 0.6 is 0 Å². The molecule has 2 rings (SSSR count). The van der Waals surface area contributed by atoms with Gasteiger partial charge in [0.05, 0.1) is 11.4 Å². The summed E-state index contributed by atoms with van der Waals surface area (Å²) in [5.41, 5.74) is 6.15. The fraction of sp³-hybridized carbons (Fsp3) is 0.529. The Kier molecular flexibility index (Phi) is 5.61. The first-order valence-electron chi connectivity index (χ1n) is 8.25. The molecule has 136 valence electrons. The second kappa shape index (κ2) is 7.50. The number of hydrogen-bond acceptors (Lipinski definition) is 4. The third-order valence-electron chi connectivity index (χ3n) is 3.95. The summed E-state index contributed by atoms with van der Waals surface area (Å²) in [7, 11) is 0. The predicted octanol–water partition coefficient (Wildman–Crippen LogP) is 2.16. The van der Waals surface area contributed by atoms with E-state index in [-0.39, 0.29) is 23.6 Å². The van der Waals surface area contributed by atoms with Crippen LogP contribution in [0.4, 0.5) is 4.79 Å². The van der Waals surface area contributed by atoms with Gasteiger partial charge in [-0.05, 0) is 45.7 Å². The number of carbonyl (C=O) groups excluding carboxylic acids is 2. The van der Waals surface area contributed by atoms with E-state index in [2.05, 4.69) is 9.98 Å². The van der Waals surface area contributed by atoms with E-state index in [0.717, 1.165) is 6.34 Å². The number of nitrogens with two attached hydrogens (primary N) is 1. The summed E-state index contributed by atoms with van der Waals surface area (Å²) in [6.07, 6.45) is 1.70. The molecule has 0 aromatic carbocycles. The molecule has 8 nitrogen and oxygen atoms in total. The minimum Gasteiger partial charge on any atom is -0.444 e. The zero-order valence-electron chi connectivity index (χ0n) is 14.8. The van der Waals surface area contributed by atoms with E-state index < -0.39 is 5.60 Å². The number of aromatic amines is 1. The van der Waals surface area contributed by atoms with Crippen LogP contribution in [0.15, 0.2) is 17.1 Å². The molecule has 8 heteroatoms. The van der Waals surface area contributed by atoms with Gasteiger partial charge < -0.3 is 20.4 Å². The predicted molar refractivity (Wildman–Crippen MR) is 95.2 cm³/mol. The molecule has 1 aromatic rings. The van der Waals surface area contributed by atoms with Crippen LogP contribution in [-0.2, 0) is 4.74 Å². The second-order valence-corrected chi connectivity index (χ2v) is 7.04. The molecule has 2 heterocycles. The average Bonchev–Trinajstić information content (AvgIpc) is 3.03. The Balaban J connectivity index is 1.94. The van der Waals surface area contributed by atoms with Crippen LogP contribution < -0.4 is 5.73 Å². The largest absolute Gasteiger partial charge is 0.444 e. The normalized spacial score (nSPS) is 16.6. The molecule has 0 saturated carbocycles. The van der Waals surface area contributed by atoms with Gasteiger partial charge in [-0.3, -0.25) is 10.2 Å². The van der Waals surface area contributed by atoms with Gasteiger partial charge in [-0.2, -0.15) is 0 Å². The van der Waals surface area contributed by atoms with Gasteiger partial charge in [0, 0.05) is 19.0 Å². The Morgan fingerprint density at radius 3 is 2.48 bits per heavy atom. The number of ketones is 1. The zero-order valence-corrected chi connectivity index (χ0v) is 14.8. The minimum atomic E-state index is -0.525. The van der Waals surface area contributed by atoms with Crippen LogP contribution in [0.5, 0.6) is 0 Å². The number of piperidine rings is 1. The fourth-order valence-corrected chi connectivity index (χ4v) is 2.70. The number of carbonyl (C=O) groups is 2. The Hall–Kier alpha value is -2.64. The Morgan fingerprint density at radius 2 is 1.92 bits per heavy atom. The molecule has 1 saturated heterocycles. The maximum absolute atomic E-state index is 12.6. The standard InChI is InChI=1S/C17H25N5O3/c1-17(2,3)25-16(24)22-8-6-11(7-9-22)14(23)12-4-5-13(21-12)15(19)20-10-18/h4-5,10-11,21H,6-9H2,1-3H3,(H3,18,19,20). The minimum absolute atomic E-state index is 0.00209. The number of nitrogens with one attached hydrogen (secondary N) is 2. The van der Waals surface area contributed by atoms with Crippen molar-refractivity contribution in [2.75, 3.05) is 13.1 Å². The molecule has 1 aliphatic heterocycles. The van der Waals surface area contributed by atoms with Crippen LogP contribution in [0.3, 0.4) is 0 Å². The number of H-pyrrole nitrogens is 1. The maximum atomic E-state index is 12.6. The van der Waals surface area contributed by atoms with E-state index in [1.54, 1.807) is 17.0 Å². The Labute approximate surface area is 146 Å². The quantitative estimate of drug-likeness (QED) is 0.438. The van der Waals surface area contributed by atoms with E-state index in [1.165, 1.54) is 0 Å². The first-order valence-corrected chi connectivity index (χ1v) is 8.25. The van der Waals surface area contributed by atoms with Crippen molar-refractivity contribution in [3.05, 3.63) is 23.5 Å². The molecule has 1 fully saturated rings. The van der Waals surface area contributed by atoms with Crippen LogP contribution in [0, 0.1) is 11.3 Å². The molecule has 1 aliphatic rings.